The highest BCUT2D eigenvalue weighted by Gasteiger charge is 2.07. The molecule has 0 spiro atoms. The van der Waals surface area contributed by atoms with Crippen LogP contribution in [0.2, 0.25) is 0 Å². The maximum absolute atomic E-state index is 11.3. The summed E-state index contributed by atoms with van der Waals surface area (Å²) < 4.78 is 7.28. The van der Waals surface area contributed by atoms with Gasteiger partial charge in [-0.05, 0) is 19.1 Å². The summed E-state index contributed by atoms with van der Waals surface area (Å²) in [6.45, 7) is 2.20. The average Bonchev–Trinajstić information content (AvgIpc) is 2.81. The molecule has 0 aliphatic carbocycles. The molecule has 0 saturated heterocycles. The van der Waals surface area contributed by atoms with E-state index in [1.807, 2.05) is 37.3 Å². The molecular weight excluding hydrogens is 262 g/mol. The van der Waals surface area contributed by atoms with Crippen molar-refractivity contribution < 1.29 is 4.74 Å². The SMILES string of the molecule is Cc1cc(=O)nc2sc(COc3ccccc3)nn12. The Morgan fingerprint density at radius 2 is 2.11 bits per heavy atom. The molecule has 0 fully saturated rings. The van der Waals surface area contributed by atoms with Crippen molar-refractivity contribution in [2.24, 2.45) is 0 Å². The number of aromatic nitrogens is 3. The van der Waals surface area contributed by atoms with E-state index < -0.39 is 0 Å². The van der Waals surface area contributed by atoms with Crippen molar-refractivity contribution in [3.63, 3.8) is 0 Å². The lowest BCUT2D eigenvalue weighted by molar-refractivity contribution is 0.304. The number of rotatable bonds is 3. The second kappa shape index (κ2) is 4.81. The number of ether oxygens (including phenoxy) is 1. The molecule has 0 saturated carbocycles. The Labute approximate surface area is 113 Å². The van der Waals surface area contributed by atoms with Crippen LogP contribution in [0.5, 0.6) is 5.75 Å². The summed E-state index contributed by atoms with van der Waals surface area (Å²) >= 11 is 1.36. The Balaban J connectivity index is 1.86. The molecule has 6 heteroatoms. The number of hydrogen-bond acceptors (Lipinski definition) is 5. The molecule has 96 valence electrons. The lowest BCUT2D eigenvalue weighted by Gasteiger charge is -2.01. The van der Waals surface area contributed by atoms with Crippen molar-refractivity contribution in [2.45, 2.75) is 13.5 Å². The minimum Gasteiger partial charge on any atom is -0.486 e. The van der Waals surface area contributed by atoms with Crippen LogP contribution < -0.4 is 10.3 Å². The van der Waals surface area contributed by atoms with Gasteiger partial charge in [-0.1, -0.05) is 29.5 Å². The Bertz CT molecular complexity index is 764. The van der Waals surface area contributed by atoms with Crippen LogP contribution in [0.3, 0.4) is 0 Å². The molecule has 2 aromatic heterocycles. The summed E-state index contributed by atoms with van der Waals surface area (Å²) in [5.74, 6) is 0.793. The Hall–Kier alpha value is -2.21. The van der Waals surface area contributed by atoms with Gasteiger partial charge in [-0.2, -0.15) is 10.1 Å². The van der Waals surface area contributed by atoms with Crippen LogP contribution in [-0.2, 0) is 6.61 Å². The largest absolute Gasteiger partial charge is 0.486 e. The first kappa shape index (κ1) is 11.9. The minimum atomic E-state index is -0.239. The Morgan fingerprint density at radius 1 is 1.32 bits per heavy atom. The van der Waals surface area contributed by atoms with Crippen LogP contribution in [0.25, 0.3) is 4.96 Å². The highest BCUT2D eigenvalue weighted by atomic mass is 32.1. The highest BCUT2D eigenvalue weighted by Crippen LogP contribution is 2.16. The van der Waals surface area contributed by atoms with E-state index in [1.54, 1.807) is 4.52 Å². The molecule has 3 aromatic rings. The fourth-order valence-corrected chi connectivity index (χ4v) is 2.57. The van der Waals surface area contributed by atoms with Crippen molar-refractivity contribution in [1.29, 1.82) is 0 Å². The Morgan fingerprint density at radius 3 is 2.89 bits per heavy atom. The monoisotopic (exact) mass is 273 g/mol. The van der Waals surface area contributed by atoms with Crippen molar-refractivity contribution in [3.8, 4) is 5.75 Å². The standard InChI is InChI=1S/C13H11N3O2S/c1-9-7-11(17)14-13-16(9)15-12(19-13)8-18-10-5-3-2-4-6-10/h2-7H,8H2,1H3. The molecule has 19 heavy (non-hydrogen) atoms. The molecule has 2 heterocycles. The third kappa shape index (κ3) is 2.48. The van der Waals surface area contributed by atoms with E-state index in [4.69, 9.17) is 4.74 Å². The van der Waals surface area contributed by atoms with E-state index in [9.17, 15) is 4.79 Å². The number of aryl methyl sites for hydroxylation is 1. The number of hydrogen-bond donors (Lipinski definition) is 0. The number of fused-ring (bicyclic) bond motifs is 1. The topological polar surface area (TPSA) is 56.5 Å². The number of nitrogens with zero attached hydrogens (tertiary/aromatic N) is 3. The van der Waals surface area contributed by atoms with E-state index in [1.165, 1.54) is 17.4 Å². The van der Waals surface area contributed by atoms with Gasteiger partial charge in [-0.15, -0.1) is 0 Å². The van der Waals surface area contributed by atoms with E-state index in [-0.39, 0.29) is 5.56 Å². The molecule has 1 aromatic carbocycles. The predicted molar refractivity (Wildman–Crippen MR) is 72.6 cm³/mol. The molecule has 5 nitrogen and oxygen atoms in total. The third-order valence-electron chi connectivity index (χ3n) is 2.58. The van der Waals surface area contributed by atoms with Crippen molar-refractivity contribution in [1.82, 2.24) is 14.6 Å². The molecule has 3 rings (SSSR count). The van der Waals surface area contributed by atoms with Gasteiger partial charge < -0.3 is 4.74 Å². The van der Waals surface area contributed by atoms with Crippen molar-refractivity contribution in [3.05, 3.63) is 57.5 Å². The molecule has 0 radical (unpaired) electrons. The minimum absolute atomic E-state index is 0.239. The lowest BCUT2D eigenvalue weighted by atomic mass is 10.3. The van der Waals surface area contributed by atoms with Gasteiger partial charge in [-0.3, -0.25) is 4.79 Å². The van der Waals surface area contributed by atoms with E-state index in [0.29, 0.717) is 11.6 Å². The summed E-state index contributed by atoms with van der Waals surface area (Å²) in [4.78, 5) is 15.8. The maximum atomic E-state index is 11.3. The van der Waals surface area contributed by atoms with E-state index in [2.05, 4.69) is 10.1 Å². The summed E-state index contributed by atoms with van der Waals surface area (Å²) in [6.07, 6.45) is 0. The van der Waals surface area contributed by atoms with Crippen LogP contribution in [0, 0.1) is 6.92 Å². The smallest absolute Gasteiger partial charge is 0.274 e. The van der Waals surface area contributed by atoms with Crippen LogP contribution in [0.1, 0.15) is 10.7 Å². The van der Waals surface area contributed by atoms with Gasteiger partial charge in [0.1, 0.15) is 12.4 Å². The molecule has 0 aliphatic rings. The molecule has 0 unspecified atom stereocenters. The zero-order chi connectivity index (χ0) is 13.2. The summed E-state index contributed by atoms with van der Waals surface area (Å²) in [5.41, 5.74) is 0.536. The summed E-state index contributed by atoms with van der Waals surface area (Å²) in [7, 11) is 0. The van der Waals surface area contributed by atoms with Gasteiger partial charge in [0.25, 0.3) is 5.56 Å². The normalized spacial score (nSPS) is 10.8. The zero-order valence-corrected chi connectivity index (χ0v) is 11.1. The average molecular weight is 273 g/mol. The molecule has 0 atom stereocenters. The quantitative estimate of drug-likeness (QED) is 0.732. The van der Waals surface area contributed by atoms with Gasteiger partial charge in [0.05, 0.1) is 0 Å². The van der Waals surface area contributed by atoms with E-state index in [0.717, 1.165) is 16.5 Å². The number of benzene rings is 1. The van der Waals surface area contributed by atoms with Crippen LogP contribution in [0.4, 0.5) is 0 Å². The fraction of sp³-hybridized carbons (Fsp3) is 0.154. The first-order chi connectivity index (χ1) is 9.22. The lowest BCUT2D eigenvalue weighted by Crippen LogP contribution is -2.09. The zero-order valence-electron chi connectivity index (χ0n) is 10.2. The molecule has 0 aliphatic heterocycles. The molecule has 0 N–H and O–H groups in total. The molecule has 0 amide bonds. The van der Waals surface area contributed by atoms with Crippen LogP contribution >= 0.6 is 11.3 Å². The van der Waals surface area contributed by atoms with Gasteiger partial charge in [-0.25, -0.2) is 4.52 Å². The third-order valence-corrected chi connectivity index (χ3v) is 3.46. The predicted octanol–water partition coefficient (Wildman–Crippen LogP) is 2.04. The van der Waals surface area contributed by atoms with Gasteiger partial charge >= 0.3 is 0 Å². The van der Waals surface area contributed by atoms with Crippen molar-refractivity contribution >= 4 is 16.3 Å². The molecule has 0 bridgehead atoms. The highest BCUT2D eigenvalue weighted by molar-refractivity contribution is 7.16. The summed E-state index contributed by atoms with van der Waals surface area (Å²) in [6, 6.07) is 11.0. The number of para-hydroxylation sites is 1. The van der Waals surface area contributed by atoms with Gasteiger partial charge in [0, 0.05) is 11.8 Å². The second-order valence-electron chi connectivity index (χ2n) is 4.03. The van der Waals surface area contributed by atoms with Crippen LogP contribution in [-0.4, -0.2) is 14.6 Å². The van der Waals surface area contributed by atoms with Gasteiger partial charge in [0.15, 0.2) is 5.01 Å². The van der Waals surface area contributed by atoms with E-state index >= 15 is 0 Å². The summed E-state index contributed by atoms with van der Waals surface area (Å²) in [5, 5.41) is 5.16. The Kier molecular flexibility index (Phi) is 3.00. The fourth-order valence-electron chi connectivity index (χ4n) is 1.71. The van der Waals surface area contributed by atoms with Crippen LogP contribution in [0.15, 0.2) is 41.2 Å². The second-order valence-corrected chi connectivity index (χ2v) is 5.07. The maximum Gasteiger partial charge on any atom is 0.274 e. The first-order valence-electron chi connectivity index (χ1n) is 5.76. The van der Waals surface area contributed by atoms with Gasteiger partial charge in [0.2, 0.25) is 4.96 Å². The molecular formula is C13H11N3O2S. The first-order valence-corrected chi connectivity index (χ1v) is 6.58. The van der Waals surface area contributed by atoms with Crippen molar-refractivity contribution in [2.75, 3.05) is 0 Å².